The fourth-order valence-electron chi connectivity index (χ4n) is 1.54. The molecule has 106 valence electrons. The van der Waals surface area contributed by atoms with Crippen LogP contribution in [0.1, 0.15) is 12.3 Å². The zero-order valence-electron chi connectivity index (χ0n) is 9.98. The van der Waals surface area contributed by atoms with E-state index < -0.39 is 22.2 Å². The van der Waals surface area contributed by atoms with Gasteiger partial charge in [0.1, 0.15) is 5.56 Å². The van der Waals surface area contributed by atoms with Gasteiger partial charge in [0.25, 0.3) is 11.6 Å². The Morgan fingerprint density at radius 1 is 1.30 bits per heavy atom. The SMILES string of the molecule is O=[N+]([O-])c1cc(F)c(F)cc1-c1nnc(CCCCl)o1. The summed E-state index contributed by atoms with van der Waals surface area (Å²) in [6, 6.07) is 1.14. The average molecular weight is 304 g/mol. The molecule has 0 fully saturated rings. The average Bonchev–Trinajstić information content (AvgIpc) is 2.87. The Hall–Kier alpha value is -2.09. The smallest absolute Gasteiger partial charge is 0.285 e. The fraction of sp³-hybridized carbons (Fsp3) is 0.273. The van der Waals surface area contributed by atoms with E-state index in [-0.39, 0.29) is 17.3 Å². The third-order valence-electron chi connectivity index (χ3n) is 2.46. The number of aromatic nitrogens is 2. The second kappa shape index (κ2) is 5.91. The molecule has 0 aliphatic heterocycles. The van der Waals surface area contributed by atoms with Gasteiger partial charge in [-0.2, -0.15) is 0 Å². The van der Waals surface area contributed by atoms with Gasteiger partial charge in [0.05, 0.1) is 11.0 Å². The Morgan fingerprint density at radius 2 is 2.00 bits per heavy atom. The van der Waals surface area contributed by atoms with Gasteiger partial charge in [-0.25, -0.2) is 8.78 Å². The summed E-state index contributed by atoms with van der Waals surface area (Å²) >= 11 is 5.51. The number of aryl methyl sites for hydroxylation is 1. The molecule has 0 aliphatic carbocycles. The molecule has 2 aromatic rings. The largest absolute Gasteiger partial charge is 0.420 e. The maximum atomic E-state index is 13.2. The topological polar surface area (TPSA) is 82.1 Å². The number of halogens is 3. The van der Waals surface area contributed by atoms with Gasteiger partial charge in [0.2, 0.25) is 5.89 Å². The second-order valence-corrected chi connectivity index (χ2v) is 4.21. The van der Waals surface area contributed by atoms with Crippen LogP contribution in [0.4, 0.5) is 14.5 Å². The van der Waals surface area contributed by atoms with E-state index in [1.165, 1.54) is 0 Å². The van der Waals surface area contributed by atoms with Crippen LogP contribution in [0.3, 0.4) is 0 Å². The maximum absolute atomic E-state index is 13.2. The van der Waals surface area contributed by atoms with Crippen LogP contribution < -0.4 is 0 Å². The highest BCUT2D eigenvalue weighted by atomic mass is 35.5. The summed E-state index contributed by atoms with van der Waals surface area (Å²) in [5.74, 6) is -2.17. The van der Waals surface area contributed by atoms with Crippen LogP contribution >= 0.6 is 11.6 Å². The van der Waals surface area contributed by atoms with Crippen LogP contribution in [0.5, 0.6) is 0 Å². The summed E-state index contributed by atoms with van der Waals surface area (Å²) < 4.78 is 31.4. The van der Waals surface area contributed by atoms with E-state index in [0.717, 1.165) is 0 Å². The summed E-state index contributed by atoms with van der Waals surface area (Å²) in [5.41, 5.74) is -0.907. The number of rotatable bonds is 5. The zero-order chi connectivity index (χ0) is 14.7. The van der Waals surface area contributed by atoms with E-state index in [9.17, 15) is 18.9 Å². The number of hydrogen-bond acceptors (Lipinski definition) is 5. The molecular formula is C11H8ClF2N3O3. The van der Waals surface area contributed by atoms with Gasteiger partial charge in [-0.3, -0.25) is 10.1 Å². The quantitative estimate of drug-likeness (QED) is 0.481. The fourth-order valence-corrected chi connectivity index (χ4v) is 1.67. The van der Waals surface area contributed by atoms with Crippen molar-refractivity contribution in [2.24, 2.45) is 0 Å². The van der Waals surface area contributed by atoms with E-state index in [4.69, 9.17) is 16.0 Å². The maximum Gasteiger partial charge on any atom is 0.285 e. The molecule has 0 aliphatic rings. The minimum Gasteiger partial charge on any atom is -0.420 e. The molecule has 2 rings (SSSR count). The van der Waals surface area contributed by atoms with E-state index in [1.807, 2.05) is 0 Å². The van der Waals surface area contributed by atoms with E-state index in [1.54, 1.807) is 0 Å². The highest BCUT2D eigenvalue weighted by Crippen LogP contribution is 2.31. The highest BCUT2D eigenvalue weighted by Gasteiger charge is 2.24. The van der Waals surface area contributed by atoms with E-state index >= 15 is 0 Å². The zero-order valence-corrected chi connectivity index (χ0v) is 10.7. The van der Waals surface area contributed by atoms with Crippen molar-refractivity contribution < 1.29 is 18.1 Å². The Morgan fingerprint density at radius 3 is 2.65 bits per heavy atom. The van der Waals surface area contributed by atoms with Crippen molar-refractivity contribution in [2.75, 3.05) is 5.88 Å². The molecule has 0 amide bonds. The molecule has 0 saturated carbocycles. The number of benzene rings is 1. The molecule has 0 radical (unpaired) electrons. The van der Waals surface area contributed by atoms with Gasteiger partial charge in [-0.15, -0.1) is 21.8 Å². The van der Waals surface area contributed by atoms with Crippen LogP contribution in [0, 0.1) is 21.7 Å². The minimum absolute atomic E-state index is 0.222. The first-order valence-electron chi connectivity index (χ1n) is 5.55. The lowest BCUT2D eigenvalue weighted by molar-refractivity contribution is -0.384. The Kier molecular flexibility index (Phi) is 4.23. The van der Waals surface area contributed by atoms with Crippen molar-refractivity contribution in [2.45, 2.75) is 12.8 Å². The molecule has 1 aromatic heterocycles. The van der Waals surface area contributed by atoms with Crippen LogP contribution in [0.25, 0.3) is 11.5 Å². The molecule has 0 spiro atoms. The van der Waals surface area contributed by atoms with Gasteiger partial charge >= 0.3 is 0 Å². The second-order valence-electron chi connectivity index (χ2n) is 3.83. The van der Waals surface area contributed by atoms with Crippen molar-refractivity contribution in [3.05, 3.63) is 39.8 Å². The summed E-state index contributed by atoms with van der Waals surface area (Å²) in [7, 11) is 0. The monoisotopic (exact) mass is 303 g/mol. The third kappa shape index (κ3) is 2.90. The number of alkyl halides is 1. The molecular weight excluding hydrogens is 296 g/mol. The number of hydrogen-bond donors (Lipinski definition) is 0. The lowest BCUT2D eigenvalue weighted by Crippen LogP contribution is -1.96. The van der Waals surface area contributed by atoms with Gasteiger partial charge in [-0.1, -0.05) is 0 Å². The molecule has 0 unspecified atom stereocenters. The molecule has 0 N–H and O–H groups in total. The summed E-state index contributed by atoms with van der Waals surface area (Å²) in [5, 5.41) is 18.1. The Balaban J connectivity index is 2.43. The minimum atomic E-state index is -1.32. The third-order valence-corrected chi connectivity index (χ3v) is 2.72. The van der Waals surface area contributed by atoms with E-state index in [0.29, 0.717) is 30.9 Å². The number of nitrogens with zero attached hydrogens (tertiary/aromatic N) is 3. The lowest BCUT2D eigenvalue weighted by atomic mass is 10.1. The molecule has 6 nitrogen and oxygen atoms in total. The predicted octanol–water partition coefficient (Wildman–Crippen LogP) is 3.09. The normalized spacial score (nSPS) is 10.8. The Bertz CT molecular complexity index is 648. The lowest BCUT2D eigenvalue weighted by Gasteiger charge is -1.99. The highest BCUT2D eigenvalue weighted by molar-refractivity contribution is 6.17. The molecule has 9 heteroatoms. The number of nitro groups is 1. The van der Waals surface area contributed by atoms with Gasteiger partial charge < -0.3 is 4.42 Å². The van der Waals surface area contributed by atoms with Crippen molar-refractivity contribution in [1.29, 1.82) is 0 Å². The summed E-state index contributed by atoms with van der Waals surface area (Å²) in [6.07, 6.45) is 0.983. The van der Waals surface area contributed by atoms with Crippen molar-refractivity contribution in [3.63, 3.8) is 0 Å². The number of nitro benzene ring substituents is 1. The molecule has 1 heterocycles. The molecule has 20 heavy (non-hydrogen) atoms. The Labute approximate surface area is 116 Å². The van der Waals surface area contributed by atoms with Crippen LogP contribution in [0.2, 0.25) is 0 Å². The van der Waals surface area contributed by atoms with Crippen LogP contribution in [-0.4, -0.2) is 21.0 Å². The first-order chi connectivity index (χ1) is 9.52. The molecule has 0 atom stereocenters. The van der Waals surface area contributed by atoms with Crippen LogP contribution in [-0.2, 0) is 6.42 Å². The van der Waals surface area contributed by atoms with Crippen LogP contribution in [0.15, 0.2) is 16.5 Å². The van der Waals surface area contributed by atoms with Gasteiger partial charge in [0, 0.05) is 12.3 Å². The molecule has 0 saturated heterocycles. The summed E-state index contributed by atoms with van der Waals surface area (Å²) in [6.45, 7) is 0. The first kappa shape index (κ1) is 14.3. The standard InChI is InChI=1S/C11H8ClF2N3O3/c12-3-1-2-10-15-16-11(20-10)6-4-7(13)8(14)5-9(6)17(18)19/h4-5H,1-3H2. The summed E-state index contributed by atoms with van der Waals surface area (Å²) in [4.78, 5) is 10.00. The van der Waals surface area contributed by atoms with E-state index in [2.05, 4.69) is 10.2 Å². The molecule has 0 bridgehead atoms. The van der Waals surface area contributed by atoms with Crippen molar-refractivity contribution in [3.8, 4) is 11.5 Å². The molecule has 1 aromatic carbocycles. The predicted molar refractivity (Wildman–Crippen MR) is 65.3 cm³/mol. The van der Waals surface area contributed by atoms with Crippen molar-refractivity contribution in [1.82, 2.24) is 10.2 Å². The van der Waals surface area contributed by atoms with Crippen molar-refractivity contribution >= 4 is 17.3 Å². The first-order valence-corrected chi connectivity index (χ1v) is 6.08. The van der Waals surface area contributed by atoms with Gasteiger partial charge in [-0.05, 0) is 12.5 Å². The van der Waals surface area contributed by atoms with Gasteiger partial charge in [0.15, 0.2) is 11.6 Å².